The highest BCUT2D eigenvalue weighted by atomic mass is 32.2. The van der Waals surface area contributed by atoms with Crippen molar-refractivity contribution in [1.82, 2.24) is 9.97 Å². The molecule has 0 aromatic carbocycles. The second kappa shape index (κ2) is 6.03. The molecule has 0 N–H and O–H groups in total. The molecule has 0 saturated carbocycles. The minimum absolute atomic E-state index is 0.342. The third-order valence-corrected chi connectivity index (χ3v) is 4.81. The third kappa shape index (κ3) is 3.88. The predicted octanol–water partition coefficient (Wildman–Crippen LogP) is 3.39. The van der Waals surface area contributed by atoms with Gasteiger partial charge in [0.25, 0.3) is 0 Å². The van der Waals surface area contributed by atoms with Crippen LogP contribution in [0.2, 0.25) is 0 Å². The predicted molar refractivity (Wildman–Crippen MR) is 85.6 cm³/mol. The summed E-state index contributed by atoms with van der Waals surface area (Å²) >= 11 is 0.269. The van der Waals surface area contributed by atoms with Gasteiger partial charge in [-0.2, -0.15) is 0 Å². The molecule has 6 heteroatoms. The summed E-state index contributed by atoms with van der Waals surface area (Å²) in [5.74, 6) is 0. The molecule has 0 aliphatic rings. The van der Waals surface area contributed by atoms with Crippen molar-refractivity contribution in [2.75, 3.05) is 0 Å². The lowest BCUT2D eigenvalue weighted by Crippen LogP contribution is -2.25. The summed E-state index contributed by atoms with van der Waals surface area (Å²) in [7, 11) is 0. The lowest BCUT2D eigenvalue weighted by Gasteiger charge is -2.17. The quantitative estimate of drug-likeness (QED) is 0.645. The van der Waals surface area contributed by atoms with Crippen LogP contribution in [0.15, 0.2) is 28.9 Å². The van der Waals surface area contributed by atoms with Crippen LogP contribution in [-0.4, -0.2) is 25.5 Å². The smallest absolute Gasteiger partial charge is 0.144 e. The van der Waals surface area contributed by atoms with Crippen molar-refractivity contribution >= 4 is 28.9 Å². The van der Waals surface area contributed by atoms with E-state index in [0.717, 1.165) is 21.1 Å². The van der Waals surface area contributed by atoms with Gasteiger partial charge in [-0.25, -0.2) is 4.98 Å². The van der Waals surface area contributed by atoms with Gasteiger partial charge in [0.1, 0.15) is 21.1 Å². The van der Waals surface area contributed by atoms with Gasteiger partial charge in [0, 0.05) is 23.7 Å². The Morgan fingerprint density at radius 1 is 1.25 bits per heavy atom. The van der Waals surface area contributed by atoms with E-state index in [2.05, 4.69) is 14.4 Å². The van der Waals surface area contributed by atoms with Crippen LogP contribution < -0.4 is 0 Å². The molecule has 2 heterocycles. The fraction of sp³-hybridized carbons (Fsp3) is 0.357. The fourth-order valence-corrected chi connectivity index (χ4v) is 2.70. The molecule has 0 aliphatic heterocycles. The maximum absolute atomic E-state index is 11.8. The van der Waals surface area contributed by atoms with Crippen LogP contribution in [-0.2, 0) is 11.4 Å². The second-order valence-corrected chi connectivity index (χ2v) is 8.35. The molecule has 0 fully saturated rings. The summed E-state index contributed by atoms with van der Waals surface area (Å²) in [6, 6.07) is 3.95. The normalized spacial score (nSPS) is 13.8. The van der Waals surface area contributed by atoms with Gasteiger partial charge in [-0.1, -0.05) is 4.40 Å². The van der Waals surface area contributed by atoms with Crippen molar-refractivity contribution in [3.05, 3.63) is 35.1 Å². The topological polar surface area (TPSA) is 61.2 Å². The van der Waals surface area contributed by atoms with Crippen molar-refractivity contribution in [1.29, 1.82) is 0 Å². The van der Waals surface area contributed by atoms with E-state index in [1.54, 1.807) is 12.4 Å². The summed E-state index contributed by atoms with van der Waals surface area (Å²) < 4.78 is 15.6. The first-order valence-corrected chi connectivity index (χ1v) is 8.13. The molecule has 106 valence electrons. The molecule has 0 amide bonds. The molecule has 2 rings (SSSR count). The molecule has 0 radical (unpaired) electrons. The zero-order valence-electron chi connectivity index (χ0n) is 12.0. The van der Waals surface area contributed by atoms with Crippen molar-refractivity contribution in [2.24, 2.45) is 4.40 Å². The van der Waals surface area contributed by atoms with Crippen LogP contribution in [0, 0.1) is 6.92 Å². The van der Waals surface area contributed by atoms with E-state index in [4.69, 9.17) is 0 Å². The molecular formula is C14H17N3OS2. The summed E-state index contributed by atoms with van der Waals surface area (Å²) in [4.78, 5) is 9.49. The third-order valence-electron chi connectivity index (χ3n) is 2.48. The summed E-state index contributed by atoms with van der Waals surface area (Å²) in [6.45, 7) is 7.65. The Morgan fingerprint density at radius 2 is 2.00 bits per heavy atom. The fourth-order valence-electron chi connectivity index (χ4n) is 1.33. The van der Waals surface area contributed by atoms with E-state index < -0.39 is 11.4 Å². The Hall–Kier alpha value is -1.24. The van der Waals surface area contributed by atoms with Gasteiger partial charge in [0.15, 0.2) is 0 Å². The van der Waals surface area contributed by atoms with Crippen LogP contribution in [0.1, 0.15) is 31.3 Å². The molecule has 0 aliphatic carbocycles. The van der Waals surface area contributed by atoms with E-state index in [0.29, 0.717) is 0 Å². The Morgan fingerprint density at radius 3 is 2.60 bits per heavy atom. The second-order valence-electron chi connectivity index (χ2n) is 5.35. The maximum Gasteiger partial charge on any atom is 0.144 e. The van der Waals surface area contributed by atoms with Gasteiger partial charge in [-0.3, -0.25) is 4.98 Å². The molecule has 0 saturated heterocycles. The first-order valence-electron chi connectivity index (χ1n) is 6.21. The highest BCUT2D eigenvalue weighted by Crippen LogP contribution is 2.24. The molecule has 0 spiro atoms. The van der Waals surface area contributed by atoms with Crippen LogP contribution >= 0.6 is 11.3 Å². The van der Waals surface area contributed by atoms with Gasteiger partial charge in [-0.15, -0.1) is 11.3 Å². The van der Waals surface area contributed by atoms with Crippen LogP contribution in [0.25, 0.3) is 10.6 Å². The van der Waals surface area contributed by atoms with Crippen molar-refractivity contribution < 1.29 is 4.55 Å². The van der Waals surface area contributed by atoms with Gasteiger partial charge >= 0.3 is 0 Å². The Bertz CT molecular complexity index is 600. The standard InChI is InChI=1S/C14H17N3OS2/c1-10-5-6-11(7-15-10)13-16-8-12(19-13)9-17-20(18)14(2,3)4/h5-9H,1-4H3. The first-order chi connectivity index (χ1) is 9.36. The molecule has 1 unspecified atom stereocenters. The molecule has 2 aromatic rings. The van der Waals surface area contributed by atoms with Gasteiger partial charge < -0.3 is 4.55 Å². The molecule has 4 nitrogen and oxygen atoms in total. The number of rotatable bonds is 3. The van der Waals surface area contributed by atoms with Crippen LogP contribution in [0.4, 0.5) is 0 Å². The van der Waals surface area contributed by atoms with Gasteiger partial charge in [0.2, 0.25) is 0 Å². The number of nitrogens with zero attached hydrogens (tertiary/aromatic N) is 3. The number of hydrogen-bond acceptors (Lipinski definition) is 5. The minimum atomic E-state index is -1.24. The van der Waals surface area contributed by atoms with Crippen molar-refractivity contribution in [3.8, 4) is 10.6 Å². The van der Waals surface area contributed by atoms with Crippen molar-refractivity contribution in [3.63, 3.8) is 0 Å². The monoisotopic (exact) mass is 307 g/mol. The Labute approximate surface area is 126 Å². The van der Waals surface area contributed by atoms with E-state index in [1.807, 2.05) is 46.0 Å². The van der Waals surface area contributed by atoms with Crippen LogP contribution in [0.5, 0.6) is 0 Å². The number of aromatic nitrogens is 2. The Balaban J connectivity index is 2.13. The van der Waals surface area contributed by atoms with Gasteiger partial charge in [0.05, 0.1) is 11.1 Å². The summed E-state index contributed by atoms with van der Waals surface area (Å²) in [6.07, 6.45) is 5.18. The molecular weight excluding hydrogens is 290 g/mol. The van der Waals surface area contributed by atoms with Crippen LogP contribution in [0.3, 0.4) is 0 Å². The number of thiazole rings is 1. The van der Waals surface area contributed by atoms with Gasteiger partial charge in [-0.05, 0) is 39.8 Å². The molecule has 2 aromatic heterocycles. The summed E-state index contributed by atoms with van der Waals surface area (Å²) in [5, 5.41) is 0.889. The van der Waals surface area contributed by atoms with E-state index in [9.17, 15) is 4.55 Å². The Kier molecular flexibility index (Phi) is 4.57. The lowest BCUT2D eigenvalue weighted by molar-refractivity contribution is 0.562. The maximum atomic E-state index is 11.8. The highest BCUT2D eigenvalue weighted by Gasteiger charge is 2.25. The first kappa shape index (κ1) is 15.2. The zero-order chi connectivity index (χ0) is 14.8. The molecule has 1 atom stereocenters. The van der Waals surface area contributed by atoms with E-state index >= 15 is 0 Å². The minimum Gasteiger partial charge on any atom is -0.591 e. The average molecular weight is 307 g/mol. The van der Waals surface area contributed by atoms with Crippen molar-refractivity contribution in [2.45, 2.75) is 32.4 Å². The summed E-state index contributed by atoms with van der Waals surface area (Å²) in [5.41, 5.74) is 1.96. The average Bonchev–Trinajstić information content (AvgIpc) is 2.84. The lowest BCUT2D eigenvalue weighted by atomic mass is 10.3. The SMILES string of the molecule is Cc1ccc(-c2ncc(C=N[S+]([O-])C(C)(C)C)s2)cn1. The number of aryl methyl sites for hydroxylation is 1. The number of hydrogen-bond donors (Lipinski definition) is 0. The van der Waals surface area contributed by atoms with E-state index in [-0.39, 0.29) is 4.75 Å². The highest BCUT2D eigenvalue weighted by molar-refractivity contribution is 7.91. The molecule has 20 heavy (non-hydrogen) atoms. The molecule has 0 bridgehead atoms. The van der Waals surface area contributed by atoms with E-state index in [1.165, 1.54) is 11.3 Å². The largest absolute Gasteiger partial charge is 0.591 e. The zero-order valence-corrected chi connectivity index (χ0v) is 13.6. The number of pyridine rings is 1.